The van der Waals surface area contributed by atoms with Gasteiger partial charge in [0.1, 0.15) is 0 Å². The first kappa shape index (κ1) is 10.2. The van der Waals surface area contributed by atoms with E-state index in [0.29, 0.717) is 12.1 Å². The van der Waals surface area contributed by atoms with Gasteiger partial charge in [0, 0.05) is 12.0 Å². The van der Waals surface area contributed by atoms with E-state index in [0.717, 1.165) is 18.4 Å². The molecule has 0 amide bonds. The minimum absolute atomic E-state index is 0.0471. The molecule has 1 fully saturated rings. The molecule has 80 valence electrons. The van der Waals surface area contributed by atoms with Crippen LogP contribution in [0, 0.1) is 0 Å². The van der Waals surface area contributed by atoms with E-state index >= 15 is 0 Å². The number of rotatable bonds is 3. The van der Waals surface area contributed by atoms with Crippen molar-refractivity contribution in [2.24, 2.45) is 5.73 Å². The van der Waals surface area contributed by atoms with E-state index in [4.69, 9.17) is 10.8 Å². The van der Waals surface area contributed by atoms with Gasteiger partial charge in [-0.25, -0.2) is 4.79 Å². The Labute approximate surface area is 88.9 Å². The monoisotopic (exact) mass is 205 g/mol. The summed E-state index contributed by atoms with van der Waals surface area (Å²) in [6.45, 7) is 0.607. The van der Waals surface area contributed by atoms with Crippen LogP contribution in [0.15, 0.2) is 24.3 Å². The Hall–Kier alpha value is -1.35. The number of benzene rings is 1. The fraction of sp³-hybridized carbons (Fsp3) is 0.417. The van der Waals surface area contributed by atoms with E-state index in [2.05, 4.69) is 0 Å². The van der Waals surface area contributed by atoms with Gasteiger partial charge in [-0.05, 0) is 30.5 Å². The lowest BCUT2D eigenvalue weighted by atomic mass is 9.64. The van der Waals surface area contributed by atoms with Crippen molar-refractivity contribution < 1.29 is 9.90 Å². The van der Waals surface area contributed by atoms with Gasteiger partial charge in [0.15, 0.2) is 0 Å². The third kappa shape index (κ3) is 1.63. The Morgan fingerprint density at radius 3 is 2.67 bits per heavy atom. The Balaban J connectivity index is 2.35. The maximum atomic E-state index is 10.8. The van der Waals surface area contributed by atoms with Crippen molar-refractivity contribution >= 4 is 5.97 Å². The van der Waals surface area contributed by atoms with Crippen molar-refractivity contribution in [2.75, 3.05) is 6.54 Å². The van der Waals surface area contributed by atoms with Crippen molar-refractivity contribution in [3.63, 3.8) is 0 Å². The highest BCUT2D eigenvalue weighted by Gasteiger charge is 2.37. The molecule has 1 aromatic rings. The lowest BCUT2D eigenvalue weighted by Gasteiger charge is -2.41. The second kappa shape index (κ2) is 3.66. The topological polar surface area (TPSA) is 63.3 Å². The van der Waals surface area contributed by atoms with Crippen LogP contribution in [0.4, 0.5) is 0 Å². The smallest absolute Gasteiger partial charge is 0.335 e. The average Bonchev–Trinajstić information content (AvgIpc) is 2.17. The maximum absolute atomic E-state index is 10.8. The zero-order valence-corrected chi connectivity index (χ0v) is 8.57. The lowest BCUT2D eigenvalue weighted by Crippen LogP contribution is -2.41. The normalized spacial score (nSPS) is 18.2. The van der Waals surface area contributed by atoms with E-state index < -0.39 is 5.97 Å². The molecular weight excluding hydrogens is 190 g/mol. The molecule has 0 saturated heterocycles. The Morgan fingerprint density at radius 2 is 2.20 bits per heavy atom. The van der Waals surface area contributed by atoms with Crippen molar-refractivity contribution in [1.29, 1.82) is 0 Å². The van der Waals surface area contributed by atoms with Crippen LogP contribution < -0.4 is 5.73 Å². The number of hydrogen-bond donors (Lipinski definition) is 2. The molecule has 0 aliphatic heterocycles. The van der Waals surface area contributed by atoms with Crippen LogP contribution in [0.25, 0.3) is 0 Å². The number of hydrogen-bond acceptors (Lipinski definition) is 2. The van der Waals surface area contributed by atoms with E-state index in [1.54, 1.807) is 18.2 Å². The van der Waals surface area contributed by atoms with Crippen molar-refractivity contribution in [3.8, 4) is 0 Å². The highest BCUT2D eigenvalue weighted by atomic mass is 16.4. The SMILES string of the molecule is NCC1(c2cccc(C(=O)O)c2)CCC1. The van der Waals surface area contributed by atoms with Crippen LogP contribution in [0.1, 0.15) is 35.2 Å². The summed E-state index contributed by atoms with van der Waals surface area (Å²) in [5.74, 6) is -0.872. The molecule has 0 bridgehead atoms. The summed E-state index contributed by atoms with van der Waals surface area (Å²) in [7, 11) is 0. The zero-order chi connectivity index (χ0) is 10.9. The molecule has 3 N–H and O–H groups in total. The number of nitrogens with two attached hydrogens (primary N) is 1. The van der Waals surface area contributed by atoms with E-state index in [1.807, 2.05) is 6.07 Å². The second-order valence-corrected chi connectivity index (χ2v) is 4.22. The minimum Gasteiger partial charge on any atom is -0.478 e. The van der Waals surface area contributed by atoms with Gasteiger partial charge >= 0.3 is 5.97 Å². The summed E-state index contributed by atoms with van der Waals surface area (Å²) >= 11 is 0. The van der Waals surface area contributed by atoms with Crippen LogP contribution >= 0.6 is 0 Å². The maximum Gasteiger partial charge on any atom is 0.335 e. The lowest BCUT2D eigenvalue weighted by molar-refractivity contribution is 0.0696. The first-order valence-corrected chi connectivity index (χ1v) is 5.22. The van der Waals surface area contributed by atoms with Gasteiger partial charge in [-0.2, -0.15) is 0 Å². The van der Waals surface area contributed by atoms with Gasteiger partial charge in [-0.15, -0.1) is 0 Å². The molecule has 0 radical (unpaired) electrons. The molecule has 1 aliphatic carbocycles. The van der Waals surface area contributed by atoms with Gasteiger partial charge in [-0.1, -0.05) is 18.6 Å². The number of carbonyl (C=O) groups is 1. The van der Waals surface area contributed by atoms with E-state index in [1.165, 1.54) is 6.42 Å². The van der Waals surface area contributed by atoms with Crippen LogP contribution in [0.5, 0.6) is 0 Å². The first-order valence-electron chi connectivity index (χ1n) is 5.22. The second-order valence-electron chi connectivity index (χ2n) is 4.22. The summed E-state index contributed by atoms with van der Waals surface area (Å²) in [4.78, 5) is 10.8. The van der Waals surface area contributed by atoms with Crippen LogP contribution in [-0.2, 0) is 5.41 Å². The molecule has 3 heteroatoms. The molecule has 1 aromatic carbocycles. The predicted molar refractivity (Wildman–Crippen MR) is 58.0 cm³/mol. The van der Waals surface area contributed by atoms with Gasteiger partial charge in [0.2, 0.25) is 0 Å². The standard InChI is InChI=1S/C12H15NO2/c13-8-12(5-2-6-12)10-4-1-3-9(7-10)11(14)15/h1,3-4,7H,2,5-6,8,13H2,(H,14,15). The molecule has 15 heavy (non-hydrogen) atoms. The molecule has 0 spiro atoms. The van der Waals surface area contributed by atoms with Crippen molar-refractivity contribution in [3.05, 3.63) is 35.4 Å². The van der Waals surface area contributed by atoms with E-state index in [9.17, 15) is 4.79 Å². The zero-order valence-electron chi connectivity index (χ0n) is 8.57. The Morgan fingerprint density at radius 1 is 1.47 bits per heavy atom. The third-order valence-electron chi connectivity index (χ3n) is 3.42. The van der Waals surface area contributed by atoms with Crippen molar-refractivity contribution in [1.82, 2.24) is 0 Å². The Bertz CT molecular complexity index is 377. The van der Waals surface area contributed by atoms with Gasteiger partial charge in [0.25, 0.3) is 0 Å². The molecule has 1 saturated carbocycles. The molecule has 3 nitrogen and oxygen atoms in total. The molecule has 0 aromatic heterocycles. The Kier molecular flexibility index (Phi) is 2.49. The largest absolute Gasteiger partial charge is 0.478 e. The van der Waals surface area contributed by atoms with Gasteiger partial charge < -0.3 is 10.8 Å². The molecule has 0 heterocycles. The highest BCUT2D eigenvalue weighted by molar-refractivity contribution is 5.87. The average molecular weight is 205 g/mol. The number of carboxylic acid groups (broad SMARTS) is 1. The summed E-state index contributed by atoms with van der Waals surface area (Å²) in [5.41, 5.74) is 7.26. The molecule has 1 aliphatic rings. The van der Waals surface area contributed by atoms with Gasteiger partial charge in [0.05, 0.1) is 5.56 Å². The fourth-order valence-corrected chi connectivity index (χ4v) is 2.20. The summed E-state index contributed by atoms with van der Waals surface area (Å²) < 4.78 is 0. The minimum atomic E-state index is -0.872. The highest BCUT2D eigenvalue weighted by Crippen LogP contribution is 2.42. The molecular formula is C12H15NO2. The van der Waals surface area contributed by atoms with Crippen LogP contribution in [0.3, 0.4) is 0 Å². The molecule has 0 unspecified atom stereocenters. The van der Waals surface area contributed by atoms with Crippen LogP contribution in [-0.4, -0.2) is 17.6 Å². The van der Waals surface area contributed by atoms with E-state index in [-0.39, 0.29) is 5.41 Å². The fourth-order valence-electron chi connectivity index (χ4n) is 2.20. The predicted octanol–water partition coefficient (Wildman–Crippen LogP) is 1.77. The first-order chi connectivity index (χ1) is 7.18. The summed E-state index contributed by atoms with van der Waals surface area (Å²) in [6.07, 6.45) is 3.34. The number of aromatic carboxylic acids is 1. The quantitative estimate of drug-likeness (QED) is 0.790. The molecule has 2 rings (SSSR count). The summed E-state index contributed by atoms with van der Waals surface area (Å²) in [6, 6.07) is 7.16. The third-order valence-corrected chi connectivity index (χ3v) is 3.42. The molecule has 0 atom stereocenters. The van der Waals surface area contributed by atoms with Crippen molar-refractivity contribution in [2.45, 2.75) is 24.7 Å². The van der Waals surface area contributed by atoms with Gasteiger partial charge in [-0.3, -0.25) is 0 Å². The van der Waals surface area contributed by atoms with Crippen LogP contribution in [0.2, 0.25) is 0 Å². The summed E-state index contributed by atoms with van der Waals surface area (Å²) in [5, 5.41) is 8.91. The number of carboxylic acids is 1.